The van der Waals surface area contributed by atoms with E-state index in [1.807, 2.05) is 0 Å². The first-order valence-corrected chi connectivity index (χ1v) is 8.06. The van der Waals surface area contributed by atoms with Crippen LogP contribution in [0, 0.1) is 5.92 Å². The van der Waals surface area contributed by atoms with E-state index >= 15 is 0 Å². The van der Waals surface area contributed by atoms with E-state index in [9.17, 15) is 0 Å². The summed E-state index contributed by atoms with van der Waals surface area (Å²) in [5, 5.41) is 3.51. The molecule has 0 aromatic rings. The van der Waals surface area contributed by atoms with Gasteiger partial charge in [0.1, 0.15) is 0 Å². The highest BCUT2D eigenvalue weighted by molar-refractivity contribution is 4.64. The second-order valence-electron chi connectivity index (χ2n) is 5.90. The van der Waals surface area contributed by atoms with Crippen LogP contribution in [0.2, 0.25) is 0 Å². The van der Waals surface area contributed by atoms with Gasteiger partial charge < -0.3 is 10.2 Å². The Hall–Kier alpha value is -0.0800. The van der Waals surface area contributed by atoms with Crippen LogP contribution in [0.25, 0.3) is 0 Å². The molecule has 0 aliphatic heterocycles. The highest BCUT2D eigenvalue weighted by Gasteiger charge is 2.08. The molecule has 110 valence electrons. The van der Waals surface area contributed by atoms with E-state index in [-0.39, 0.29) is 0 Å². The zero-order chi connectivity index (χ0) is 13.8. The Morgan fingerprint density at radius 3 is 2.17 bits per heavy atom. The van der Waals surface area contributed by atoms with E-state index in [0.717, 1.165) is 18.5 Å². The number of hydrogen-bond acceptors (Lipinski definition) is 2. The van der Waals surface area contributed by atoms with Gasteiger partial charge in [-0.05, 0) is 58.3 Å². The summed E-state index contributed by atoms with van der Waals surface area (Å²) in [6.07, 6.45) is 6.73. The van der Waals surface area contributed by atoms with Crippen molar-refractivity contribution in [2.75, 3.05) is 26.2 Å². The molecule has 2 heteroatoms. The predicted octanol–water partition coefficient (Wildman–Crippen LogP) is 3.91. The molecule has 1 N–H and O–H groups in total. The summed E-state index contributed by atoms with van der Waals surface area (Å²) < 4.78 is 0. The summed E-state index contributed by atoms with van der Waals surface area (Å²) in [5.74, 6) is 0.777. The van der Waals surface area contributed by atoms with Crippen molar-refractivity contribution in [1.29, 1.82) is 0 Å². The van der Waals surface area contributed by atoms with Crippen molar-refractivity contribution < 1.29 is 0 Å². The Kier molecular flexibility index (Phi) is 11.9. The van der Waals surface area contributed by atoms with Gasteiger partial charge in [0, 0.05) is 6.04 Å². The average Bonchev–Trinajstić information content (AvgIpc) is 2.36. The Morgan fingerprint density at radius 1 is 0.944 bits per heavy atom. The standard InChI is InChI=1S/C16H36N2/c1-6-16(5)18(7-2)13-11-9-8-10-12-17-14-15(3)4/h15-17H,6-14H2,1-5H3. The van der Waals surface area contributed by atoms with Crippen LogP contribution in [-0.2, 0) is 0 Å². The SMILES string of the molecule is CCC(C)N(CC)CCCCCCNCC(C)C. The fourth-order valence-corrected chi connectivity index (χ4v) is 2.26. The molecule has 1 unspecified atom stereocenters. The molecule has 0 saturated heterocycles. The van der Waals surface area contributed by atoms with Gasteiger partial charge in [-0.25, -0.2) is 0 Å². The molecule has 0 rings (SSSR count). The van der Waals surface area contributed by atoms with Crippen molar-refractivity contribution in [3.05, 3.63) is 0 Å². The zero-order valence-electron chi connectivity index (χ0n) is 13.5. The Labute approximate surface area is 116 Å². The van der Waals surface area contributed by atoms with Gasteiger partial charge in [0.15, 0.2) is 0 Å². The topological polar surface area (TPSA) is 15.3 Å². The second kappa shape index (κ2) is 12.0. The van der Waals surface area contributed by atoms with Crippen LogP contribution in [0.15, 0.2) is 0 Å². The summed E-state index contributed by atoms with van der Waals surface area (Å²) in [7, 11) is 0. The molecule has 0 fully saturated rings. The van der Waals surface area contributed by atoms with Gasteiger partial charge in [0.05, 0.1) is 0 Å². The number of unbranched alkanes of at least 4 members (excludes halogenated alkanes) is 3. The molecule has 0 aliphatic rings. The van der Waals surface area contributed by atoms with Gasteiger partial charge in [-0.1, -0.05) is 40.5 Å². The first-order valence-electron chi connectivity index (χ1n) is 8.06. The van der Waals surface area contributed by atoms with Crippen molar-refractivity contribution in [3.8, 4) is 0 Å². The Balaban J connectivity index is 3.33. The minimum absolute atomic E-state index is 0.753. The predicted molar refractivity (Wildman–Crippen MR) is 83.2 cm³/mol. The van der Waals surface area contributed by atoms with Gasteiger partial charge >= 0.3 is 0 Å². The van der Waals surface area contributed by atoms with Crippen LogP contribution in [0.4, 0.5) is 0 Å². The molecule has 0 spiro atoms. The van der Waals surface area contributed by atoms with Crippen LogP contribution in [0.5, 0.6) is 0 Å². The quantitative estimate of drug-likeness (QED) is 0.533. The van der Waals surface area contributed by atoms with E-state index in [1.54, 1.807) is 0 Å². The van der Waals surface area contributed by atoms with Crippen molar-refractivity contribution in [3.63, 3.8) is 0 Å². The van der Waals surface area contributed by atoms with Gasteiger partial charge in [-0.3, -0.25) is 0 Å². The highest BCUT2D eigenvalue weighted by Crippen LogP contribution is 2.07. The molecule has 0 aromatic carbocycles. The van der Waals surface area contributed by atoms with Crippen LogP contribution in [0.3, 0.4) is 0 Å². The zero-order valence-corrected chi connectivity index (χ0v) is 13.5. The number of nitrogens with one attached hydrogen (secondary N) is 1. The van der Waals surface area contributed by atoms with Crippen molar-refractivity contribution in [1.82, 2.24) is 10.2 Å². The maximum absolute atomic E-state index is 3.51. The van der Waals surface area contributed by atoms with Crippen LogP contribution in [-0.4, -0.2) is 37.1 Å². The lowest BCUT2D eigenvalue weighted by Gasteiger charge is -2.26. The summed E-state index contributed by atoms with van der Waals surface area (Å²) in [4.78, 5) is 2.61. The second-order valence-corrected chi connectivity index (χ2v) is 5.90. The Morgan fingerprint density at radius 2 is 1.61 bits per heavy atom. The largest absolute Gasteiger partial charge is 0.316 e. The third-order valence-corrected chi connectivity index (χ3v) is 3.72. The van der Waals surface area contributed by atoms with Gasteiger partial charge in [-0.2, -0.15) is 0 Å². The van der Waals surface area contributed by atoms with Crippen LogP contribution >= 0.6 is 0 Å². The number of nitrogens with zero attached hydrogens (tertiary/aromatic N) is 1. The lowest BCUT2D eigenvalue weighted by Crippen LogP contribution is -2.33. The van der Waals surface area contributed by atoms with Crippen LogP contribution in [0.1, 0.15) is 66.7 Å². The smallest absolute Gasteiger partial charge is 0.00641 e. The van der Waals surface area contributed by atoms with E-state index in [1.165, 1.54) is 51.7 Å². The molecular formula is C16H36N2. The molecule has 0 radical (unpaired) electrons. The minimum Gasteiger partial charge on any atom is -0.316 e. The molecule has 0 amide bonds. The van der Waals surface area contributed by atoms with E-state index in [0.29, 0.717) is 0 Å². The first kappa shape index (κ1) is 17.9. The molecule has 0 heterocycles. The summed E-state index contributed by atoms with van der Waals surface area (Å²) in [6.45, 7) is 16.3. The summed E-state index contributed by atoms with van der Waals surface area (Å²) in [6, 6.07) is 0.753. The molecule has 18 heavy (non-hydrogen) atoms. The van der Waals surface area contributed by atoms with E-state index in [4.69, 9.17) is 0 Å². The monoisotopic (exact) mass is 256 g/mol. The van der Waals surface area contributed by atoms with Crippen molar-refractivity contribution in [2.24, 2.45) is 5.92 Å². The lowest BCUT2D eigenvalue weighted by molar-refractivity contribution is 0.210. The molecule has 1 atom stereocenters. The number of rotatable bonds is 12. The molecule has 0 bridgehead atoms. The molecule has 0 saturated carbocycles. The highest BCUT2D eigenvalue weighted by atomic mass is 15.1. The fraction of sp³-hybridized carbons (Fsp3) is 1.00. The third-order valence-electron chi connectivity index (χ3n) is 3.72. The maximum atomic E-state index is 3.51. The third kappa shape index (κ3) is 9.90. The lowest BCUT2D eigenvalue weighted by atomic mass is 10.1. The maximum Gasteiger partial charge on any atom is 0.00641 e. The molecule has 0 aliphatic carbocycles. The van der Waals surface area contributed by atoms with Crippen molar-refractivity contribution in [2.45, 2.75) is 72.8 Å². The van der Waals surface area contributed by atoms with E-state index < -0.39 is 0 Å². The molecular weight excluding hydrogens is 220 g/mol. The number of hydrogen-bond donors (Lipinski definition) is 1. The Bertz CT molecular complexity index is 168. The fourth-order valence-electron chi connectivity index (χ4n) is 2.26. The summed E-state index contributed by atoms with van der Waals surface area (Å²) >= 11 is 0. The molecule has 2 nitrogen and oxygen atoms in total. The van der Waals surface area contributed by atoms with E-state index in [2.05, 4.69) is 44.8 Å². The average molecular weight is 256 g/mol. The normalized spacial score (nSPS) is 13.5. The van der Waals surface area contributed by atoms with Crippen LogP contribution < -0.4 is 5.32 Å². The van der Waals surface area contributed by atoms with Gasteiger partial charge in [-0.15, -0.1) is 0 Å². The summed E-state index contributed by atoms with van der Waals surface area (Å²) in [5.41, 5.74) is 0. The minimum atomic E-state index is 0.753. The first-order chi connectivity index (χ1) is 8.61. The van der Waals surface area contributed by atoms with Gasteiger partial charge in [0.25, 0.3) is 0 Å². The van der Waals surface area contributed by atoms with Crippen molar-refractivity contribution >= 4 is 0 Å². The van der Waals surface area contributed by atoms with Gasteiger partial charge in [0.2, 0.25) is 0 Å². The molecule has 0 aromatic heterocycles.